The smallest absolute Gasteiger partial charge is 0.0764 e. The normalized spacial score (nSPS) is 16.9. The predicted octanol–water partition coefficient (Wildman–Crippen LogP) is 4.23. The molecule has 0 N–H and O–H groups in total. The van der Waals surface area contributed by atoms with E-state index in [9.17, 15) is 0 Å². The third kappa shape index (κ3) is 4.78. The van der Waals surface area contributed by atoms with E-state index in [1.165, 1.54) is 50.6 Å². The molecule has 1 aromatic heterocycles. The monoisotopic (exact) mass is 297 g/mol. The number of nitrogens with zero attached hydrogens (tertiary/aromatic N) is 3. The minimum Gasteiger partial charge on any atom is -0.296 e. The third-order valence-corrected chi connectivity index (χ3v) is 4.40. The first-order valence-corrected chi connectivity index (χ1v) is 8.69. The Labute approximate surface area is 128 Å². The van der Waals surface area contributed by atoms with E-state index in [2.05, 4.69) is 28.8 Å². The summed E-state index contributed by atoms with van der Waals surface area (Å²) in [5, 5.41) is 4.80. The van der Waals surface area contributed by atoms with Crippen LogP contribution in [0.15, 0.2) is 12.3 Å². The average Bonchev–Trinajstić information content (AvgIpc) is 2.94. The predicted molar refractivity (Wildman–Crippen MR) is 85.3 cm³/mol. The quantitative estimate of drug-likeness (QED) is 0.670. The van der Waals surface area contributed by atoms with Crippen LogP contribution < -0.4 is 0 Å². The van der Waals surface area contributed by atoms with Gasteiger partial charge in [-0.15, -0.1) is 11.6 Å². The fourth-order valence-corrected chi connectivity index (χ4v) is 3.25. The molecule has 4 heteroatoms. The lowest BCUT2D eigenvalue weighted by Crippen LogP contribution is -2.27. The molecule has 0 saturated heterocycles. The topological polar surface area (TPSA) is 21.1 Å². The number of rotatable bonds is 8. The van der Waals surface area contributed by atoms with Crippen molar-refractivity contribution in [2.75, 3.05) is 19.0 Å². The van der Waals surface area contributed by atoms with Crippen LogP contribution in [0.5, 0.6) is 0 Å². The molecule has 0 aromatic carbocycles. The molecule has 0 aliphatic heterocycles. The number of halogens is 1. The first-order valence-electron chi connectivity index (χ1n) is 8.16. The Hall–Kier alpha value is -0.540. The molecule has 1 heterocycles. The second-order valence-corrected chi connectivity index (χ2v) is 6.28. The summed E-state index contributed by atoms with van der Waals surface area (Å²) in [5.41, 5.74) is 1.19. The van der Waals surface area contributed by atoms with Gasteiger partial charge >= 0.3 is 0 Å². The van der Waals surface area contributed by atoms with Gasteiger partial charge in [-0.25, -0.2) is 0 Å². The molecule has 1 aliphatic carbocycles. The zero-order chi connectivity index (χ0) is 14.2. The van der Waals surface area contributed by atoms with E-state index in [-0.39, 0.29) is 0 Å². The summed E-state index contributed by atoms with van der Waals surface area (Å²) in [7, 11) is 0. The summed E-state index contributed by atoms with van der Waals surface area (Å²) < 4.78 is 2.20. The first-order chi connectivity index (χ1) is 9.83. The summed E-state index contributed by atoms with van der Waals surface area (Å²) >= 11 is 5.90. The lowest BCUT2D eigenvalue weighted by atomic mass is 9.96. The highest BCUT2D eigenvalue weighted by atomic mass is 35.5. The van der Waals surface area contributed by atoms with Crippen molar-refractivity contribution in [3.05, 3.63) is 18.0 Å². The third-order valence-electron chi connectivity index (χ3n) is 4.23. The van der Waals surface area contributed by atoms with Crippen molar-refractivity contribution < 1.29 is 0 Å². The minimum atomic E-state index is 0.634. The Morgan fingerprint density at radius 3 is 2.80 bits per heavy atom. The fraction of sp³-hybridized carbons (Fsp3) is 0.812. The van der Waals surface area contributed by atoms with E-state index in [4.69, 9.17) is 16.7 Å². The highest BCUT2D eigenvalue weighted by Crippen LogP contribution is 2.27. The fourth-order valence-electron chi connectivity index (χ4n) is 3.01. The summed E-state index contributed by atoms with van der Waals surface area (Å²) in [6, 6.07) is 2.82. The second-order valence-electron chi connectivity index (χ2n) is 5.90. The lowest BCUT2D eigenvalue weighted by Gasteiger charge is -2.22. The molecular weight excluding hydrogens is 270 g/mol. The average molecular weight is 298 g/mol. The molecule has 0 atom stereocenters. The van der Waals surface area contributed by atoms with Crippen LogP contribution >= 0.6 is 11.6 Å². The van der Waals surface area contributed by atoms with Gasteiger partial charge in [0.15, 0.2) is 0 Å². The molecular formula is C16H28ClN3. The van der Waals surface area contributed by atoms with Crippen molar-refractivity contribution in [1.82, 2.24) is 14.7 Å². The molecule has 1 fully saturated rings. The van der Waals surface area contributed by atoms with Gasteiger partial charge in [-0.1, -0.05) is 32.6 Å². The van der Waals surface area contributed by atoms with Gasteiger partial charge in [0.25, 0.3) is 0 Å². The van der Waals surface area contributed by atoms with Crippen LogP contribution in [0.2, 0.25) is 0 Å². The summed E-state index contributed by atoms with van der Waals surface area (Å²) in [6.07, 6.45) is 11.3. The minimum absolute atomic E-state index is 0.634. The molecule has 0 amide bonds. The van der Waals surface area contributed by atoms with Gasteiger partial charge in [0.2, 0.25) is 0 Å². The van der Waals surface area contributed by atoms with E-state index in [1.807, 2.05) is 0 Å². The van der Waals surface area contributed by atoms with Crippen molar-refractivity contribution in [1.29, 1.82) is 0 Å². The Balaban J connectivity index is 1.89. The lowest BCUT2D eigenvalue weighted by molar-refractivity contribution is 0.269. The summed E-state index contributed by atoms with van der Waals surface area (Å²) in [6.45, 7) is 5.25. The van der Waals surface area contributed by atoms with Crippen molar-refractivity contribution in [2.24, 2.45) is 0 Å². The molecule has 0 bridgehead atoms. The zero-order valence-electron chi connectivity index (χ0n) is 12.7. The molecule has 0 unspecified atom stereocenters. The Morgan fingerprint density at radius 1 is 1.30 bits per heavy atom. The van der Waals surface area contributed by atoms with Crippen molar-refractivity contribution >= 4 is 11.6 Å². The Morgan fingerprint density at radius 2 is 2.10 bits per heavy atom. The molecule has 0 radical (unpaired) electrons. The maximum absolute atomic E-state index is 5.90. The number of hydrogen-bond donors (Lipinski definition) is 0. The Kier molecular flexibility index (Phi) is 6.88. The van der Waals surface area contributed by atoms with Gasteiger partial charge in [0, 0.05) is 25.2 Å². The van der Waals surface area contributed by atoms with Gasteiger partial charge < -0.3 is 0 Å². The van der Waals surface area contributed by atoms with Gasteiger partial charge in [-0.3, -0.25) is 9.58 Å². The summed E-state index contributed by atoms with van der Waals surface area (Å²) in [4.78, 5) is 2.42. The maximum Gasteiger partial charge on any atom is 0.0764 e. The largest absolute Gasteiger partial charge is 0.296 e. The molecule has 114 valence electrons. The molecule has 1 aromatic rings. The van der Waals surface area contributed by atoms with Crippen LogP contribution in [-0.4, -0.2) is 33.6 Å². The van der Waals surface area contributed by atoms with E-state index in [0.29, 0.717) is 11.9 Å². The van der Waals surface area contributed by atoms with E-state index in [0.717, 1.165) is 19.6 Å². The molecule has 0 spiro atoms. The van der Waals surface area contributed by atoms with E-state index in [1.54, 1.807) is 0 Å². The van der Waals surface area contributed by atoms with Crippen molar-refractivity contribution in [2.45, 2.75) is 64.5 Å². The highest BCUT2D eigenvalue weighted by molar-refractivity contribution is 6.18. The van der Waals surface area contributed by atoms with Crippen LogP contribution in [0.3, 0.4) is 0 Å². The second kappa shape index (κ2) is 8.68. The number of aromatic nitrogens is 2. The number of hydrogen-bond acceptors (Lipinski definition) is 2. The highest BCUT2D eigenvalue weighted by Gasteiger charge is 2.16. The van der Waals surface area contributed by atoms with Crippen LogP contribution in [0.1, 0.15) is 63.6 Å². The number of alkyl halides is 1. The molecule has 1 saturated carbocycles. The molecule has 1 aliphatic rings. The SMILES string of the molecule is CCCCN(CCCl)Cc1ccn(C2CCCCC2)n1. The molecule has 3 nitrogen and oxygen atoms in total. The first kappa shape index (κ1) is 15.8. The van der Waals surface area contributed by atoms with Crippen molar-refractivity contribution in [3.63, 3.8) is 0 Å². The van der Waals surface area contributed by atoms with Crippen LogP contribution in [-0.2, 0) is 6.54 Å². The van der Waals surface area contributed by atoms with Crippen molar-refractivity contribution in [3.8, 4) is 0 Å². The van der Waals surface area contributed by atoms with E-state index >= 15 is 0 Å². The van der Waals surface area contributed by atoms with Crippen LogP contribution in [0, 0.1) is 0 Å². The standard InChI is InChI=1S/C16H28ClN3/c1-2-3-11-19(13-10-17)14-15-9-12-20(18-15)16-7-5-4-6-8-16/h9,12,16H,2-8,10-11,13-14H2,1H3. The summed E-state index contributed by atoms with van der Waals surface area (Å²) in [5.74, 6) is 0.701. The van der Waals surface area contributed by atoms with Gasteiger partial charge in [-0.2, -0.15) is 5.10 Å². The van der Waals surface area contributed by atoms with Crippen LogP contribution in [0.4, 0.5) is 0 Å². The zero-order valence-corrected chi connectivity index (χ0v) is 13.5. The van der Waals surface area contributed by atoms with Crippen LogP contribution in [0.25, 0.3) is 0 Å². The van der Waals surface area contributed by atoms with Gasteiger partial charge in [-0.05, 0) is 31.9 Å². The van der Waals surface area contributed by atoms with E-state index < -0.39 is 0 Å². The molecule has 20 heavy (non-hydrogen) atoms. The number of unbranched alkanes of at least 4 members (excludes halogenated alkanes) is 1. The Bertz CT molecular complexity index is 372. The van der Waals surface area contributed by atoms with Gasteiger partial charge in [0.05, 0.1) is 11.7 Å². The maximum atomic E-state index is 5.90. The van der Waals surface area contributed by atoms with Gasteiger partial charge in [0.1, 0.15) is 0 Å². The molecule has 2 rings (SSSR count).